The predicted molar refractivity (Wildman–Crippen MR) is 142 cm³/mol. The van der Waals surface area contributed by atoms with Crippen LogP contribution in [0.1, 0.15) is 54.9 Å². The van der Waals surface area contributed by atoms with Gasteiger partial charge in [0.25, 0.3) is 0 Å². The molecule has 222 valence electrons. The van der Waals surface area contributed by atoms with E-state index < -0.39 is 53.6 Å². The molecule has 0 unspecified atom stereocenters. The Labute approximate surface area is 236 Å². The number of anilines is 1. The summed E-state index contributed by atoms with van der Waals surface area (Å²) in [6.07, 6.45) is 3.07. The number of benzene rings is 1. The number of hydrogen-bond donors (Lipinski definition) is 6. The van der Waals surface area contributed by atoms with E-state index >= 15 is 4.39 Å². The predicted octanol–water partition coefficient (Wildman–Crippen LogP) is 1.77. The van der Waals surface area contributed by atoms with Crippen LogP contribution in [0.15, 0.2) is 17.1 Å². The first-order chi connectivity index (χ1) is 19.2. The summed E-state index contributed by atoms with van der Waals surface area (Å²) in [6, 6.07) is 1.58. The molecule has 15 heteroatoms. The summed E-state index contributed by atoms with van der Waals surface area (Å²) in [7, 11) is 0. The highest BCUT2D eigenvalue weighted by atomic mass is 35.5. The van der Waals surface area contributed by atoms with E-state index in [0.29, 0.717) is 29.7 Å². The molecule has 3 heterocycles. The van der Waals surface area contributed by atoms with Gasteiger partial charge in [-0.25, -0.2) is 14.0 Å². The molecule has 1 aliphatic carbocycles. The van der Waals surface area contributed by atoms with Crippen LogP contribution in [0.2, 0.25) is 5.02 Å². The molecule has 0 bridgehead atoms. The Bertz CT molecular complexity index is 1440. The summed E-state index contributed by atoms with van der Waals surface area (Å²) in [6.45, 7) is 2.37. The van der Waals surface area contributed by atoms with E-state index in [1.807, 2.05) is 4.90 Å². The fourth-order valence-corrected chi connectivity index (χ4v) is 5.87. The van der Waals surface area contributed by atoms with Crippen molar-refractivity contribution in [1.29, 1.82) is 0 Å². The van der Waals surface area contributed by atoms with Crippen LogP contribution in [0.25, 0.3) is 10.9 Å². The molecule has 6 N–H and O–H groups in total. The standard InChI is InChI=1S/C20H21ClFN3O3.C6H8O7/c21-16-17-12(19(26)13(20(27)28)8-25(17)11-3-4-11)6-14(22)18(16)24-7-10-2-1-5-23-15(10)9-24;7-3(8)1-6(13,5(11)12)2-4(9)10/h6,8,10-11,15,23H,1-5,7,9H2,(H,27,28);13H,1-2H2,(H,7,8)(H,9,10)(H,11,12)/t10-,15+;/m0./s1. The van der Waals surface area contributed by atoms with Gasteiger partial charge in [-0.3, -0.25) is 14.4 Å². The highest BCUT2D eigenvalue weighted by molar-refractivity contribution is 6.38. The lowest BCUT2D eigenvalue weighted by molar-refractivity contribution is -0.170. The van der Waals surface area contributed by atoms with Crippen LogP contribution >= 0.6 is 11.6 Å². The number of carboxylic acids is 4. The molecule has 13 nitrogen and oxygen atoms in total. The maximum Gasteiger partial charge on any atom is 0.341 e. The SMILES string of the molecule is O=C(O)CC(O)(CC(=O)O)C(=O)O.O=C(O)c1cn(C2CC2)c2c(Cl)c(N3C[C@@H]4CCCN[C@@H]4C3)c(F)cc2c1=O. The number of rotatable bonds is 8. The third kappa shape index (κ3) is 6.29. The maximum atomic E-state index is 15.1. The molecular weight excluding hydrogens is 569 g/mol. The number of fused-ring (bicyclic) bond motifs is 2. The first kappa shape index (κ1) is 30.2. The van der Waals surface area contributed by atoms with E-state index in [1.165, 1.54) is 12.3 Å². The summed E-state index contributed by atoms with van der Waals surface area (Å²) in [5.41, 5.74) is -3.01. The van der Waals surface area contributed by atoms with Gasteiger partial charge in [0.1, 0.15) is 11.4 Å². The molecular formula is C26H29ClFN3O10. The Balaban J connectivity index is 0.000000254. The fraction of sp³-hybridized carbons (Fsp3) is 0.500. The summed E-state index contributed by atoms with van der Waals surface area (Å²) in [5, 5.41) is 46.9. The van der Waals surface area contributed by atoms with E-state index in [1.54, 1.807) is 4.57 Å². The third-order valence-corrected chi connectivity index (χ3v) is 7.91. The number of carboxylic acid groups (broad SMARTS) is 4. The molecule has 0 radical (unpaired) electrons. The van der Waals surface area contributed by atoms with Gasteiger partial charge in [0, 0.05) is 31.4 Å². The van der Waals surface area contributed by atoms with Crippen molar-refractivity contribution in [1.82, 2.24) is 9.88 Å². The van der Waals surface area contributed by atoms with Gasteiger partial charge in [-0.05, 0) is 44.2 Å². The lowest BCUT2D eigenvalue weighted by atomic mass is 9.94. The minimum absolute atomic E-state index is 0.0350. The summed E-state index contributed by atoms with van der Waals surface area (Å²) in [5.74, 6) is -6.44. The quantitative estimate of drug-likeness (QED) is 0.257. The normalized spacial score (nSPS) is 20.2. The van der Waals surface area contributed by atoms with Gasteiger partial charge in [-0.2, -0.15) is 0 Å². The van der Waals surface area contributed by atoms with Crippen LogP contribution in [0, 0.1) is 11.7 Å². The number of aliphatic hydroxyl groups is 1. The third-order valence-electron chi connectivity index (χ3n) is 7.56. The molecule has 2 aromatic rings. The first-order valence-corrected chi connectivity index (χ1v) is 13.3. The number of aromatic nitrogens is 1. The number of nitrogens with zero attached hydrogens (tertiary/aromatic N) is 2. The second-order valence-electron chi connectivity index (χ2n) is 10.6. The summed E-state index contributed by atoms with van der Waals surface area (Å²) in [4.78, 5) is 56.6. The molecule has 1 saturated carbocycles. The van der Waals surface area contributed by atoms with Crippen LogP contribution in [-0.2, 0) is 14.4 Å². The molecule has 3 aliphatic rings. The number of pyridine rings is 1. The molecule has 3 fully saturated rings. The van der Waals surface area contributed by atoms with Crippen molar-refractivity contribution in [2.24, 2.45) is 5.92 Å². The number of aliphatic carboxylic acids is 3. The van der Waals surface area contributed by atoms with Crippen molar-refractivity contribution < 1.29 is 49.1 Å². The Morgan fingerprint density at radius 2 is 1.68 bits per heavy atom. The minimum Gasteiger partial charge on any atom is -0.481 e. The van der Waals surface area contributed by atoms with Gasteiger partial charge in [-0.15, -0.1) is 0 Å². The van der Waals surface area contributed by atoms with Crippen molar-refractivity contribution in [3.05, 3.63) is 38.9 Å². The Morgan fingerprint density at radius 3 is 2.20 bits per heavy atom. The monoisotopic (exact) mass is 597 g/mol. The van der Waals surface area contributed by atoms with Gasteiger partial charge < -0.3 is 40.3 Å². The number of halogens is 2. The molecule has 2 saturated heterocycles. The van der Waals surface area contributed by atoms with Gasteiger partial charge in [0.05, 0.1) is 34.5 Å². The average molecular weight is 598 g/mol. The van der Waals surface area contributed by atoms with Crippen LogP contribution in [-0.4, -0.2) is 85.3 Å². The number of hydrogen-bond acceptors (Lipinski definition) is 8. The van der Waals surface area contributed by atoms with E-state index in [2.05, 4.69) is 5.32 Å². The molecule has 1 aromatic heterocycles. The van der Waals surface area contributed by atoms with Gasteiger partial charge in [0.15, 0.2) is 5.60 Å². The van der Waals surface area contributed by atoms with Crippen LogP contribution in [0.3, 0.4) is 0 Å². The lowest BCUT2D eigenvalue weighted by Gasteiger charge is -2.24. The lowest BCUT2D eigenvalue weighted by Crippen LogP contribution is -2.42. The number of piperidine rings is 1. The summed E-state index contributed by atoms with van der Waals surface area (Å²) < 4.78 is 16.9. The van der Waals surface area contributed by atoms with Crippen molar-refractivity contribution in [3.8, 4) is 0 Å². The second kappa shape index (κ2) is 11.6. The largest absolute Gasteiger partial charge is 0.481 e. The highest BCUT2D eigenvalue weighted by Gasteiger charge is 2.41. The molecule has 2 atom stereocenters. The van der Waals surface area contributed by atoms with Crippen molar-refractivity contribution >= 4 is 52.1 Å². The van der Waals surface area contributed by atoms with Crippen LogP contribution < -0.4 is 15.6 Å². The molecule has 5 rings (SSSR count). The maximum absolute atomic E-state index is 15.1. The zero-order chi connectivity index (χ0) is 30.2. The van der Waals surface area contributed by atoms with E-state index in [-0.39, 0.29) is 22.0 Å². The van der Waals surface area contributed by atoms with Gasteiger partial charge in [0.2, 0.25) is 5.43 Å². The minimum atomic E-state index is -2.74. The second-order valence-corrected chi connectivity index (χ2v) is 11.0. The van der Waals surface area contributed by atoms with Gasteiger partial charge >= 0.3 is 23.9 Å². The fourth-order valence-electron chi connectivity index (χ4n) is 5.46. The Hall–Kier alpha value is -3.75. The van der Waals surface area contributed by atoms with E-state index in [4.69, 9.17) is 32.0 Å². The van der Waals surface area contributed by atoms with Gasteiger partial charge in [-0.1, -0.05) is 11.6 Å². The van der Waals surface area contributed by atoms with Crippen molar-refractivity contribution in [2.45, 2.75) is 56.2 Å². The first-order valence-electron chi connectivity index (χ1n) is 12.9. The number of nitrogens with one attached hydrogen (secondary N) is 1. The topological polar surface area (TPSA) is 207 Å². The molecule has 2 aliphatic heterocycles. The summed E-state index contributed by atoms with van der Waals surface area (Å²) >= 11 is 6.70. The van der Waals surface area contributed by atoms with E-state index in [0.717, 1.165) is 38.8 Å². The number of aromatic carboxylic acids is 1. The molecule has 0 spiro atoms. The van der Waals surface area contributed by atoms with Crippen LogP contribution in [0.5, 0.6) is 0 Å². The Morgan fingerprint density at radius 1 is 1.05 bits per heavy atom. The molecule has 41 heavy (non-hydrogen) atoms. The average Bonchev–Trinajstić information content (AvgIpc) is 3.62. The zero-order valence-corrected chi connectivity index (χ0v) is 22.4. The Kier molecular flexibility index (Phi) is 8.57. The smallest absolute Gasteiger partial charge is 0.341 e. The number of carbonyl (C=O) groups is 4. The molecule has 1 aromatic carbocycles. The van der Waals surface area contributed by atoms with Crippen molar-refractivity contribution in [2.75, 3.05) is 24.5 Å². The highest BCUT2D eigenvalue weighted by Crippen LogP contribution is 2.43. The van der Waals surface area contributed by atoms with Crippen LogP contribution in [0.4, 0.5) is 10.1 Å². The van der Waals surface area contributed by atoms with E-state index in [9.17, 15) is 29.1 Å². The zero-order valence-electron chi connectivity index (χ0n) is 21.7. The molecule has 0 amide bonds. The van der Waals surface area contributed by atoms with Crippen molar-refractivity contribution in [3.63, 3.8) is 0 Å².